The summed E-state index contributed by atoms with van der Waals surface area (Å²) in [6.07, 6.45) is 2.71. The molecule has 8 nitrogen and oxygen atoms in total. The van der Waals surface area contributed by atoms with Gasteiger partial charge in [-0.15, -0.1) is 0 Å². The first-order valence-electron chi connectivity index (χ1n) is 10.1. The zero-order valence-electron chi connectivity index (χ0n) is 16.0. The van der Waals surface area contributed by atoms with Crippen molar-refractivity contribution in [3.05, 3.63) is 29.8 Å². The van der Waals surface area contributed by atoms with Gasteiger partial charge in [-0.25, -0.2) is 4.79 Å². The highest BCUT2D eigenvalue weighted by Crippen LogP contribution is 2.22. The second-order valence-electron chi connectivity index (χ2n) is 7.60. The van der Waals surface area contributed by atoms with Gasteiger partial charge in [0.25, 0.3) is 5.91 Å². The van der Waals surface area contributed by atoms with Crippen LogP contribution in [0, 0.1) is 0 Å². The summed E-state index contributed by atoms with van der Waals surface area (Å²) >= 11 is 0. The fourth-order valence-corrected chi connectivity index (χ4v) is 4.27. The smallest absolute Gasteiger partial charge is 0.321 e. The molecular formula is C20H27N5O3. The molecule has 1 unspecified atom stereocenters. The van der Waals surface area contributed by atoms with Crippen LogP contribution in [0.25, 0.3) is 0 Å². The lowest BCUT2D eigenvalue weighted by atomic mass is 10.0. The molecule has 3 aliphatic rings. The van der Waals surface area contributed by atoms with E-state index in [-0.39, 0.29) is 23.9 Å². The first-order chi connectivity index (χ1) is 13.6. The molecule has 8 heteroatoms. The van der Waals surface area contributed by atoms with Crippen molar-refractivity contribution in [1.29, 1.82) is 0 Å². The predicted octanol–water partition coefficient (Wildman–Crippen LogP) is 0.643. The summed E-state index contributed by atoms with van der Waals surface area (Å²) in [6.45, 7) is 4.49. The third-order valence-electron chi connectivity index (χ3n) is 5.74. The minimum Gasteiger partial charge on any atom is -0.338 e. The Morgan fingerprint density at radius 2 is 1.96 bits per heavy atom. The second kappa shape index (κ2) is 8.18. The van der Waals surface area contributed by atoms with E-state index < -0.39 is 0 Å². The molecular weight excluding hydrogens is 358 g/mol. The minimum atomic E-state index is -0.119. The lowest BCUT2D eigenvalue weighted by molar-refractivity contribution is -0.135. The summed E-state index contributed by atoms with van der Waals surface area (Å²) in [5.41, 5.74) is 1.33. The Kier molecular flexibility index (Phi) is 5.47. The van der Waals surface area contributed by atoms with Crippen molar-refractivity contribution in [2.24, 2.45) is 0 Å². The molecule has 4 amide bonds. The average Bonchev–Trinajstić information content (AvgIpc) is 2.74. The lowest BCUT2D eigenvalue weighted by Gasteiger charge is -2.41. The number of anilines is 1. The van der Waals surface area contributed by atoms with Crippen LogP contribution in [-0.4, -0.2) is 79.5 Å². The molecule has 0 radical (unpaired) electrons. The van der Waals surface area contributed by atoms with Gasteiger partial charge in [0, 0.05) is 56.6 Å². The SMILES string of the molecule is O=C(c1cccc(N2CCCNC2=O)c1)N1CCCC(N2CCNCC2=O)C1. The summed E-state index contributed by atoms with van der Waals surface area (Å²) in [5, 5.41) is 5.93. The Bertz CT molecular complexity index is 768. The molecule has 0 bridgehead atoms. The molecule has 0 spiro atoms. The predicted molar refractivity (Wildman–Crippen MR) is 105 cm³/mol. The van der Waals surface area contributed by atoms with Gasteiger partial charge < -0.3 is 20.4 Å². The van der Waals surface area contributed by atoms with Crippen molar-refractivity contribution in [3.63, 3.8) is 0 Å². The molecule has 3 heterocycles. The number of hydrogen-bond donors (Lipinski definition) is 2. The summed E-state index contributed by atoms with van der Waals surface area (Å²) < 4.78 is 0. The van der Waals surface area contributed by atoms with E-state index in [1.807, 2.05) is 21.9 Å². The number of piperidine rings is 1. The molecule has 0 saturated carbocycles. The molecule has 0 aliphatic carbocycles. The summed E-state index contributed by atoms with van der Waals surface area (Å²) in [5.74, 6) is 0.0789. The molecule has 2 N–H and O–H groups in total. The molecule has 0 aromatic heterocycles. The van der Waals surface area contributed by atoms with Gasteiger partial charge in [0.1, 0.15) is 0 Å². The quantitative estimate of drug-likeness (QED) is 0.800. The number of benzene rings is 1. The zero-order chi connectivity index (χ0) is 19.5. The van der Waals surface area contributed by atoms with Crippen LogP contribution in [0.5, 0.6) is 0 Å². The summed E-state index contributed by atoms with van der Waals surface area (Å²) in [4.78, 5) is 42.9. The van der Waals surface area contributed by atoms with E-state index in [0.29, 0.717) is 44.8 Å². The van der Waals surface area contributed by atoms with Crippen molar-refractivity contribution in [1.82, 2.24) is 20.4 Å². The monoisotopic (exact) mass is 385 g/mol. The standard InChI is InChI=1S/C20H27N5O3/c26-18-13-21-8-11-24(18)17-6-2-9-23(14-17)19(27)15-4-1-5-16(12-15)25-10-3-7-22-20(25)28/h1,4-5,12,17,21H,2-3,6-11,13-14H2,(H,22,28). The summed E-state index contributed by atoms with van der Waals surface area (Å²) in [7, 11) is 0. The van der Waals surface area contributed by atoms with Crippen LogP contribution in [-0.2, 0) is 4.79 Å². The van der Waals surface area contributed by atoms with Crippen LogP contribution in [0.2, 0.25) is 0 Å². The Morgan fingerprint density at radius 1 is 1.07 bits per heavy atom. The fourth-order valence-electron chi connectivity index (χ4n) is 4.27. The maximum Gasteiger partial charge on any atom is 0.321 e. The normalized spacial score (nSPS) is 23.6. The lowest BCUT2D eigenvalue weighted by Crippen LogP contribution is -2.57. The average molecular weight is 385 g/mol. The largest absolute Gasteiger partial charge is 0.338 e. The third-order valence-corrected chi connectivity index (χ3v) is 5.74. The highest BCUT2D eigenvalue weighted by atomic mass is 16.2. The van der Waals surface area contributed by atoms with Crippen LogP contribution >= 0.6 is 0 Å². The van der Waals surface area contributed by atoms with Gasteiger partial charge in [0.05, 0.1) is 6.54 Å². The minimum absolute atomic E-state index is 0.0356. The molecule has 1 atom stereocenters. The van der Waals surface area contributed by atoms with E-state index in [1.54, 1.807) is 17.0 Å². The van der Waals surface area contributed by atoms with Gasteiger partial charge >= 0.3 is 6.03 Å². The van der Waals surface area contributed by atoms with Crippen molar-refractivity contribution in [2.45, 2.75) is 25.3 Å². The van der Waals surface area contributed by atoms with Gasteiger partial charge in [-0.1, -0.05) is 6.07 Å². The first kappa shape index (κ1) is 18.7. The van der Waals surface area contributed by atoms with Gasteiger partial charge in [0.2, 0.25) is 5.91 Å². The maximum absolute atomic E-state index is 13.1. The highest BCUT2D eigenvalue weighted by molar-refractivity contribution is 5.98. The van der Waals surface area contributed by atoms with Gasteiger partial charge in [-0.3, -0.25) is 14.5 Å². The van der Waals surface area contributed by atoms with Crippen LogP contribution < -0.4 is 15.5 Å². The van der Waals surface area contributed by atoms with Crippen LogP contribution in [0.3, 0.4) is 0 Å². The van der Waals surface area contributed by atoms with E-state index in [4.69, 9.17) is 0 Å². The fraction of sp³-hybridized carbons (Fsp3) is 0.550. The molecule has 3 saturated heterocycles. The third kappa shape index (κ3) is 3.82. The van der Waals surface area contributed by atoms with Crippen LogP contribution in [0.15, 0.2) is 24.3 Å². The van der Waals surface area contributed by atoms with E-state index in [9.17, 15) is 14.4 Å². The summed E-state index contributed by atoms with van der Waals surface area (Å²) in [6, 6.07) is 7.25. The van der Waals surface area contributed by atoms with Crippen LogP contribution in [0.4, 0.5) is 10.5 Å². The number of amides is 4. The number of rotatable bonds is 3. The number of piperazine rings is 1. The van der Waals surface area contributed by atoms with Crippen molar-refractivity contribution >= 4 is 23.5 Å². The Labute approximate surface area is 164 Å². The molecule has 3 aliphatic heterocycles. The van der Waals surface area contributed by atoms with Gasteiger partial charge in [-0.2, -0.15) is 0 Å². The number of nitrogens with one attached hydrogen (secondary N) is 2. The molecule has 4 rings (SSSR count). The number of hydrogen-bond acceptors (Lipinski definition) is 4. The Hall–Kier alpha value is -2.61. The topological polar surface area (TPSA) is 85.0 Å². The number of carbonyl (C=O) groups excluding carboxylic acids is 3. The van der Waals surface area contributed by atoms with E-state index in [2.05, 4.69) is 10.6 Å². The Balaban J connectivity index is 1.47. The van der Waals surface area contributed by atoms with E-state index in [0.717, 1.165) is 31.5 Å². The molecule has 1 aromatic rings. The number of urea groups is 1. The molecule has 150 valence electrons. The number of likely N-dealkylation sites (tertiary alicyclic amines) is 1. The second-order valence-corrected chi connectivity index (χ2v) is 7.60. The first-order valence-corrected chi connectivity index (χ1v) is 10.1. The van der Waals surface area contributed by atoms with Crippen LogP contribution in [0.1, 0.15) is 29.6 Å². The van der Waals surface area contributed by atoms with Crippen molar-refractivity contribution in [3.8, 4) is 0 Å². The molecule has 28 heavy (non-hydrogen) atoms. The van der Waals surface area contributed by atoms with Crippen molar-refractivity contribution in [2.75, 3.05) is 50.7 Å². The zero-order valence-corrected chi connectivity index (χ0v) is 16.0. The van der Waals surface area contributed by atoms with E-state index >= 15 is 0 Å². The molecule has 1 aromatic carbocycles. The molecule has 3 fully saturated rings. The maximum atomic E-state index is 13.1. The van der Waals surface area contributed by atoms with Gasteiger partial charge in [-0.05, 0) is 37.5 Å². The van der Waals surface area contributed by atoms with Crippen molar-refractivity contribution < 1.29 is 14.4 Å². The van der Waals surface area contributed by atoms with Gasteiger partial charge in [0.15, 0.2) is 0 Å². The number of carbonyl (C=O) groups is 3. The number of nitrogens with zero attached hydrogens (tertiary/aromatic N) is 3. The Morgan fingerprint density at radius 3 is 2.79 bits per heavy atom. The highest BCUT2D eigenvalue weighted by Gasteiger charge is 2.32. The van der Waals surface area contributed by atoms with E-state index in [1.165, 1.54) is 0 Å².